The fraction of sp³-hybridized carbons (Fsp3) is 0.462. The van der Waals surface area contributed by atoms with Gasteiger partial charge in [0, 0.05) is 30.4 Å². The molecule has 1 aromatic rings. The number of aryl methyl sites for hydroxylation is 1. The van der Waals surface area contributed by atoms with Crippen LogP contribution in [0.25, 0.3) is 0 Å². The second kappa shape index (κ2) is 4.65. The Morgan fingerprint density at radius 2 is 1.94 bits per heavy atom. The highest BCUT2D eigenvalue weighted by Gasteiger charge is 2.23. The third kappa shape index (κ3) is 2.70. The summed E-state index contributed by atoms with van der Waals surface area (Å²) in [5.74, 6) is -0.137. The van der Waals surface area contributed by atoms with Crippen molar-refractivity contribution in [2.45, 2.75) is 19.8 Å². The Kier molecular flexibility index (Phi) is 3.22. The van der Waals surface area contributed by atoms with Crippen LogP contribution < -0.4 is 16.4 Å². The molecule has 1 aromatic carbocycles. The first-order chi connectivity index (χ1) is 8.06. The minimum atomic E-state index is -0.173. The zero-order valence-electron chi connectivity index (χ0n) is 10.1. The molecule has 1 amide bonds. The average molecular weight is 233 g/mol. The molecule has 1 aliphatic heterocycles. The SMILES string of the molecule is Cc1cc(N)cc(N2CCC(C(N)=O)CC2)c1. The molecule has 0 spiro atoms. The van der Waals surface area contributed by atoms with Gasteiger partial charge in [-0.2, -0.15) is 0 Å². The van der Waals surface area contributed by atoms with Crippen molar-refractivity contribution < 1.29 is 4.79 Å². The van der Waals surface area contributed by atoms with Crippen LogP contribution in [0.15, 0.2) is 18.2 Å². The number of carbonyl (C=O) groups is 1. The highest BCUT2D eigenvalue weighted by Crippen LogP contribution is 2.25. The van der Waals surface area contributed by atoms with Crippen LogP contribution in [0.5, 0.6) is 0 Å². The maximum absolute atomic E-state index is 11.1. The molecular weight excluding hydrogens is 214 g/mol. The number of nitrogens with two attached hydrogens (primary N) is 2. The van der Waals surface area contributed by atoms with Gasteiger partial charge in [0.1, 0.15) is 0 Å². The molecule has 0 aliphatic carbocycles. The minimum absolute atomic E-state index is 0.0356. The molecule has 0 aromatic heterocycles. The Morgan fingerprint density at radius 1 is 1.29 bits per heavy atom. The van der Waals surface area contributed by atoms with E-state index in [1.54, 1.807) is 0 Å². The van der Waals surface area contributed by atoms with Gasteiger partial charge in [-0.15, -0.1) is 0 Å². The number of anilines is 2. The molecule has 92 valence electrons. The lowest BCUT2D eigenvalue weighted by Crippen LogP contribution is -2.38. The van der Waals surface area contributed by atoms with E-state index in [4.69, 9.17) is 11.5 Å². The van der Waals surface area contributed by atoms with E-state index >= 15 is 0 Å². The molecule has 0 saturated carbocycles. The summed E-state index contributed by atoms with van der Waals surface area (Å²) in [6.07, 6.45) is 1.67. The highest BCUT2D eigenvalue weighted by atomic mass is 16.1. The van der Waals surface area contributed by atoms with Gasteiger partial charge in [0.15, 0.2) is 0 Å². The fourth-order valence-corrected chi connectivity index (χ4v) is 2.40. The third-order valence-electron chi connectivity index (χ3n) is 3.35. The smallest absolute Gasteiger partial charge is 0.220 e. The van der Waals surface area contributed by atoms with Crippen molar-refractivity contribution in [1.82, 2.24) is 0 Å². The molecule has 0 bridgehead atoms. The van der Waals surface area contributed by atoms with E-state index in [0.717, 1.165) is 42.9 Å². The molecule has 1 fully saturated rings. The zero-order valence-corrected chi connectivity index (χ0v) is 10.1. The average Bonchev–Trinajstić information content (AvgIpc) is 2.28. The summed E-state index contributed by atoms with van der Waals surface area (Å²) in [5.41, 5.74) is 14.3. The number of amides is 1. The van der Waals surface area contributed by atoms with Gasteiger partial charge < -0.3 is 16.4 Å². The van der Waals surface area contributed by atoms with Gasteiger partial charge >= 0.3 is 0 Å². The van der Waals surface area contributed by atoms with Gasteiger partial charge in [-0.3, -0.25) is 4.79 Å². The summed E-state index contributed by atoms with van der Waals surface area (Å²) in [4.78, 5) is 13.4. The van der Waals surface area contributed by atoms with Crippen LogP contribution in [0, 0.1) is 12.8 Å². The van der Waals surface area contributed by atoms with Crippen LogP contribution in [-0.2, 0) is 4.79 Å². The van der Waals surface area contributed by atoms with Crippen molar-refractivity contribution in [3.8, 4) is 0 Å². The van der Waals surface area contributed by atoms with Gasteiger partial charge in [0.05, 0.1) is 0 Å². The maximum Gasteiger partial charge on any atom is 0.220 e. The van der Waals surface area contributed by atoms with E-state index in [1.165, 1.54) is 0 Å². The van der Waals surface area contributed by atoms with E-state index < -0.39 is 0 Å². The van der Waals surface area contributed by atoms with Crippen LogP contribution >= 0.6 is 0 Å². The predicted octanol–water partition coefficient (Wildman–Crippen LogP) is 1.28. The first-order valence-electron chi connectivity index (χ1n) is 5.97. The molecule has 0 unspecified atom stereocenters. The molecule has 4 N–H and O–H groups in total. The number of carbonyl (C=O) groups excluding carboxylic acids is 1. The Morgan fingerprint density at radius 3 is 2.47 bits per heavy atom. The van der Waals surface area contributed by atoms with E-state index in [1.807, 2.05) is 19.1 Å². The molecule has 1 heterocycles. The molecule has 4 heteroatoms. The van der Waals surface area contributed by atoms with Crippen molar-refractivity contribution in [2.24, 2.45) is 11.7 Å². The van der Waals surface area contributed by atoms with E-state index in [2.05, 4.69) is 11.0 Å². The molecule has 17 heavy (non-hydrogen) atoms. The van der Waals surface area contributed by atoms with Gasteiger partial charge in [-0.05, 0) is 43.5 Å². The number of piperidine rings is 1. The summed E-state index contributed by atoms with van der Waals surface area (Å²) in [5, 5.41) is 0. The summed E-state index contributed by atoms with van der Waals surface area (Å²) >= 11 is 0. The Labute approximate surface area is 102 Å². The van der Waals surface area contributed by atoms with Crippen LogP contribution in [0.3, 0.4) is 0 Å². The molecule has 4 nitrogen and oxygen atoms in total. The summed E-state index contributed by atoms with van der Waals surface area (Å²) in [7, 11) is 0. The second-order valence-electron chi connectivity index (χ2n) is 4.77. The van der Waals surface area contributed by atoms with Gasteiger partial charge in [0.25, 0.3) is 0 Å². The van der Waals surface area contributed by atoms with Crippen LogP contribution in [0.2, 0.25) is 0 Å². The van der Waals surface area contributed by atoms with Crippen LogP contribution in [0.4, 0.5) is 11.4 Å². The van der Waals surface area contributed by atoms with Crippen molar-refractivity contribution in [2.75, 3.05) is 23.7 Å². The van der Waals surface area contributed by atoms with Gasteiger partial charge in [-0.1, -0.05) is 0 Å². The first-order valence-corrected chi connectivity index (χ1v) is 5.97. The lowest BCUT2D eigenvalue weighted by Gasteiger charge is -2.32. The monoisotopic (exact) mass is 233 g/mol. The molecular formula is C13H19N3O. The quantitative estimate of drug-likeness (QED) is 0.756. The normalized spacial score (nSPS) is 17.1. The van der Waals surface area contributed by atoms with E-state index in [-0.39, 0.29) is 11.8 Å². The van der Waals surface area contributed by atoms with Crippen LogP contribution in [-0.4, -0.2) is 19.0 Å². The Bertz CT molecular complexity index is 402. The topological polar surface area (TPSA) is 72.3 Å². The molecule has 1 aliphatic rings. The Balaban J connectivity index is 2.07. The summed E-state index contributed by atoms with van der Waals surface area (Å²) in [6.45, 7) is 3.78. The maximum atomic E-state index is 11.1. The predicted molar refractivity (Wildman–Crippen MR) is 69.7 cm³/mol. The number of nitrogen functional groups attached to an aromatic ring is 1. The molecule has 0 radical (unpaired) electrons. The summed E-state index contributed by atoms with van der Waals surface area (Å²) < 4.78 is 0. The minimum Gasteiger partial charge on any atom is -0.399 e. The van der Waals surface area contributed by atoms with Crippen molar-refractivity contribution in [3.63, 3.8) is 0 Å². The van der Waals surface area contributed by atoms with Crippen molar-refractivity contribution in [3.05, 3.63) is 23.8 Å². The first kappa shape index (κ1) is 11.8. The number of rotatable bonds is 2. The standard InChI is InChI=1S/C13H19N3O/c1-9-6-11(14)8-12(7-9)16-4-2-10(3-5-16)13(15)17/h6-8,10H,2-5,14H2,1H3,(H2,15,17). The lowest BCUT2D eigenvalue weighted by molar-refractivity contribution is -0.122. The van der Waals surface area contributed by atoms with Crippen LogP contribution in [0.1, 0.15) is 18.4 Å². The fourth-order valence-electron chi connectivity index (χ4n) is 2.40. The lowest BCUT2D eigenvalue weighted by atomic mass is 9.96. The number of hydrogen-bond donors (Lipinski definition) is 2. The van der Waals surface area contributed by atoms with E-state index in [9.17, 15) is 4.79 Å². The number of hydrogen-bond acceptors (Lipinski definition) is 3. The molecule has 0 atom stereocenters. The van der Waals surface area contributed by atoms with Gasteiger partial charge in [-0.25, -0.2) is 0 Å². The largest absolute Gasteiger partial charge is 0.399 e. The Hall–Kier alpha value is -1.71. The highest BCUT2D eigenvalue weighted by molar-refractivity contribution is 5.77. The second-order valence-corrected chi connectivity index (χ2v) is 4.77. The molecule has 1 saturated heterocycles. The van der Waals surface area contributed by atoms with Gasteiger partial charge in [0.2, 0.25) is 5.91 Å². The number of nitrogens with zero attached hydrogens (tertiary/aromatic N) is 1. The third-order valence-corrected chi connectivity index (χ3v) is 3.35. The van der Waals surface area contributed by atoms with Crippen molar-refractivity contribution >= 4 is 17.3 Å². The van der Waals surface area contributed by atoms with E-state index in [0.29, 0.717) is 0 Å². The molecule has 2 rings (SSSR count). The summed E-state index contributed by atoms with van der Waals surface area (Å²) in [6, 6.07) is 6.07. The number of benzene rings is 1. The number of primary amides is 1. The van der Waals surface area contributed by atoms with Crippen molar-refractivity contribution in [1.29, 1.82) is 0 Å². The zero-order chi connectivity index (χ0) is 12.4.